The predicted molar refractivity (Wildman–Crippen MR) is 73.9 cm³/mol. The summed E-state index contributed by atoms with van der Waals surface area (Å²) in [7, 11) is -4.01. The highest BCUT2D eigenvalue weighted by molar-refractivity contribution is 7.89. The summed E-state index contributed by atoms with van der Waals surface area (Å²) in [5, 5.41) is 16.4. The Kier molecular flexibility index (Phi) is 4.15. The van der Waals surface area contributed by atoms with Crippen LogP contribution in [0.15, 0.2) is 41.4 Å². The molecule has 0 bridgehead atoms. The first-order valence-electron chi connectivity index (χ1n) is 5.79. The van der Waals surface area contributed by atoms with Gasteiger partial charge in [-0.2, -0.15) is 10.2 Å². The number of aromatic nitrogens is 2. The van der Waals surface area contributed by atoms with Crippen molar-refractivity contribution in [3.05, 3.63) is 47.8 Å². The molecule has 0 atom stereocenters. The van der Waals surface area contributed by atoms with E-state index in [2.05, 4.69) is 14.9 Å². The van der Waals surface area contributed by atoms with E-state index in [0.717, 1.165) is 12.1 Å². The second-order valence-corrected chi connectivity index (χ2v) is 5.84. The molecule has 0 aliphatic heterocycles. The monoisotopic (exact) mass is 308 g/mol. The van der Waals surface area contributed by atoms with Crippen LogP contribution in [-0.4, -0.2) is 29.7 Å². The molecule has 9 heteroatoms. The molecule has 0 aliphatic carbocycles. The average Bonchev–Trinajstić information content (AvgIpc) is 2.46. The van der Waals surface area contributed by atoms with E-state index in [1.165, 1.54) is 12.3 Å². The van der Waals surface area contributed by atoms with E-state index < -0.39 is 16.0 Å². The summed E-state index contributed by atoms with van der Waals surface area (Å²) in [4.78, 5) is 10.8. The van der Waals surface area contributed by atoms with Crippen LogP contribution in [0.3, 0.4) is 0 Å². The molecule has 0 radical (unpaired) electrons. The third-order valence-electron chi connectivity index (χ3n) is 2.59. The number of carboxylic acid groups (broad SMARTS) is 1. The van der Waals surface area contributed by atoms with Gasteiger partial charge in [-0.3, -0.25) is 0 Å². The Morgan fingerprint density at radius 2 is 2.10 bits per heavy atom. The van der Waals surface area contributed by atoms with Crippen molar-refractivity contribution in [3.63, 3.8) is 0 Å². The van der Waals surface area contributed by atoms with Gasteiger partial charge in [0, 0.05) is 11.9 Å². The van der Waals surface area contributed by atoms with Gasteiger partial charge < -0.3 is 10.8 Å². The van der Waals surface area contributed by atoms with Gasteiger partial charge in [-0.1, -0.05) is 0 Å². The molecule has 1 aromatic carbocycles. The summed E-state index contributed by atoms with van der Waals surface area (Å²) in [5.74, 6) is -1.37. The maximum atomic E-state index is 12.2. The Morgan fingerprint density at radius 3 is 2.71 bits per heavy atom. The number of nitrogens with one attached hydrogen (secondary N) is 1. The Labute approximate surface area is 120 Å². The molecule has 1 heterocycles. The first-order chi connectivity index (χ1) is 9.90. The molecule has 110 valence electrons. The second kappa shape index (κ2) is 5.85. The molecule has 1 aromatic heterocycles. The molecule has 0 spiro atoms. The largest absolute Gasteiger partial charge is 0.478 e. The Hall–Kier alpha value is -2.52. The standard InChI is InChI=1S/C12H12N4O4S/c13-8-3-4-11(10(6-8)12(17)18)21(19,20)15-7-9-2-1-5-14-16-9/h1-6,15H,7,13H2,(H,17,18). The van der Waals surface area contributed by atoms with Crippen LogP contribution in [0.2, 0.25) is 0 Å². The van der Waals surface area contributed by atoms with Crippen molar-refractivity contribution in [2.75, 3.05) is 5.73 Å². The zero-order chi connectivity index (χ0) is 15.5. The van der Waals surface area contributed by atoms with Crippen LogP contribution in [0.4, 0.5) is 5.69 Å². The van der Waals surface area contributed by atoms with Crippen LogP contribution >= 0.6 is 0 Å². The molecule has 0 fully saturated rings. The minimum absolute atomic E-state index is 0.0976. The first kappa shape index (κ1) is 14.9. The zero-order valence-electron chi connectivity index (χ0n) is 10.7. The molecule has 0 amide bonds. The maximum absolute atomic E-state index is 12.2. The van der Waals surface area contributed by atoms with Crippen molar-refractivity contribution in [2.24, 2.45) is 0 Å². The van der Waals surface area contributed by atoms with Crippen LogP contribution in [-0.2, 0) is 16.6 Å². The normalized spacial score (nSPS) is 11.2. The van der Waals surface area contributed by atoms with Crippen LogP contribution < -0.4 is 10.5 Å². The number of carboxylic acids is 1. The summed E-state index contributed by atoms with van der Waals surface area (Å²) in [6.07, 6.45) is 1.46. The van der Waals surface area contributed by atoms with Crippen molar-refractivity contribution in [3.8, 4) is 0 Å². The van der Waals surface area contributed by atoms with E-state index in [1.807, 2.05) is 0 Å². The smallest absolute Gasteiger partial charge is 0.337 e. The summed E-state index contributed by atoms with van der Waals surface area (Å²) in [5.41, 5.74) is 5.67. The quantitative estimate of drug-likeness (QED) is 0.673. The lowest BCUT2D eigenvalue weighted by molar-refractivity contribution is 0.0692. The number of rotatable bonds is 5. The number of carbonyl (C=O) groups is 1. The van der Waals surface area contributed by atoms with Gasteiger partial charge >= 0.3 is 5.97 Å². The van der Waals surface area contributed by atoms with E-state index in [-0.39, 0.29) is 22.7 Å². The Bertz CT molecular complexity index is 762. The lowest BCUT2D eigenvalue weighted by atomic mass is 10.2. The lowest BCUT2D eigenvalue weighted by Gasteiger charge is -2.09. The maximum Gasteiger partial charge on any atom is 0.337 e. The average molecular weight is 308 g/mol. The Balaban J connectivity index is 2.30. The fourth-order valence-electron chi connectivity index (χ4n) is 1.62. The highest BCUT2D eigenvalue weighted by Gasteiger charge is 2.22. The molecule has 2 rings (SSSR count). The summed E-state index contributed by atoms with van der Waals surface area (Å²) >= 11 is 0. The van der Waals surface area contributed by atoms with Gasteiger partial charge in [0.15, 0.2) is 0 Å². The number of anilines is 1. The zero-order valence-corrected chi connectivity index (χ0v) is 11.5. The van der Waals surface area contributed by atoms with Crippen LogP contribution in [0.5, 0.6) is 0 Å². The summed E-state index contributed by atoms with van der Waals surface area (Å²) in [6.45, 7) is -0.0976. The van der Waals surface area contributed by atoms with Gasteiger partial charge in [-0.05, 0) is 30.3 Å². The third-order valence-corrected chi connectivity index (χ3v) is 4.05. The van der Waals surface area contributed by atoms with Crippen molar-refractivity contribution < 1.29 is 18.3 Å². The van der Waals surface area contributed by atoms with Gasteiger partial charge in [0.1, 0.15) is 0 Å². The number of nitrogens with two attached hydrogens (primary N) is 1. The molecule has 4 N–H and O–H groups in total. The van der Waals surface area contributed by atoms with Crippen LogP contribution in [0.25, 0.3) is 0 Å². The molecular formula is C12H12N4O4S. The molecule has 21 heavy (non-hydrogen) atoms. The topological polar surface area (TPSA) is 135 Å². The first-order valence-corrected chi connectivity index (χ1v) is 7.27. The number of nitrogens with zero attached hydrogens (tertiary/aromatic N) is 2. The fraction of sp³-hybridized carbons (Fsp3) is 0.0833. The number of benzene rings is 1. The predicted octanol–water partition coefficient (Wildman–Crippen LogP) is 0.235. The number of aromatic carboxylic acids is 1. The van der Waals surface area contributed by atoms with Crippen molar-refractivity contribution in [1.82, 2.24) is 14.9 Å². The van der Waals surface area contributed by atoms with E-state index in [1.54, 1.807) is 12.1 Å². The van der Waals surface area contributed by atoms with E-state index in [4.69, 9.17) is 10.8 Å². The van der Waals surface area contributed by atoms with Gasteiger partial charge in [-0.25, -0.2) is 17.9 Å². The molecule has 8 nitrogen and oxygen atoms in total. The van der Waals surface area contributed by atoms with Crippen LogP contribution in [0, 0.1) is 0 Å². The second-order valence-electron chi connectivity index (χ2n) is 4.10. The molecular weight excluding hydrogens is 296 g/mol. The van der Waals surface area contributed by atoms with Gasteiger partial charge in [0.25, 0.3) is 0 Å². The SMILES string of the molecule is Nc1ccc(S(=O)(=O)NCc2cccnn2)c(C(=O)O)c1. The van der Waals surface area contributed by atoms with Crippen LogP contribution in [0.1, 0.15) is 16.1 Å². The van der Waals surface area contributed by atoms with E-state index >= 15 is 0 Å². The number of sulfonamides is 1. The minimum atomic E-state index is -4.01. The highest BCUT2D eigenvalue weighted by atomic mass is 32.2. The minimum Gasteiger partial charge on any atom is -0.478 e. The molecule has 2 aromatic rings. The number of hydrogen-bond donors (Lipinski definition) is 3. The van der Waals surface area contributed by atoms with Crippen molar-refractivity contribution in [2.45, 2.75) is 11.4 Å². The van der Waals surface area contributed by atoms with Gasteiger partial charge in [-0.15, -0.1) is 0 Å². The number of nitrogen functional groups attached to an aromatic ring is 1. The molecule has 0 saturated carbocycles. The Morgan fingerprint density at radius 1 is 1.33 bits per heavy atom. The molecule has 0 saturated heterocycles. The van der Waals surface area contributed by atoms with Gasteiger partial charge in [0.2, 0.25) is 10.0 Å². The van der Waals surface area contributed by atoms with Crippen molar-refractivity contribution in [1.29, 1.82) is 0 Å². The van der Waals surface area contributed by atoms with E-state index in [0.29, 0.717) is 5.69 Å². The summed E-state index contributed by atoms with van der Waals surface area (Å²) < 4.78 is 26.6. The highest BCUT2D eigenvalue weighted by Crippen LogP contribution is 2.19. The number of hydrogen-bond acceptors (Lipinski definition) is 6. The molecule has 0 aliphatic rings. The molecule has 0 unspecified atom stereocenters. The summed E-state index contributed by atoms with van der Waals surface area (Å²) in [6, 6.07) is 6.78. The third kappa shape index (κ3) is 3.52. The fourth-order valence-corrected chi connectivity index (χ4v) is 2.80. The van der Waals surface area contributed by atoms with Crippen molar-refractivity contribution >= 4 is 21.7 Å². The lowest BCUT2D eigenvalue weighted by Crippen LogP contribution is -2.25. The van der Waals surface area contributed by atoms with E-state index in [9.17, 15) is 13.2 Å². The van der Waals surface area contributed by atoms with Gasteiger partial charge in [0.05, 0.1) is 22.7 Å².